The van der Waals surface area contributed by atoms with Gasteiger partial charge in [0.05, 0.1) is 14.2 Å². The Bertz CT molecular complexity index is 567. The summed E-state index contributed by atoms with van der Waals surface area (Å²) in [6.07, 6.45) is 2.46. The molecule has 2 aromatic rings. The van der Waals surface area contributed by atoms with Crippen LogP contribution >= 0.6 is 0 Å². The van der Waals surface area contributed by atoms with Gasteiger partial charge in [-0.1, -0.05) is 0 Å². The second-order valence-electron chi connectivity index (χ2n) is 3.66. The van der Waals surface area contributed by atoms with Crippen LogP contribution in [0.1, 0.15) is 10.4 Å². The third-order valence-electron chi connectivity index (χ3n) is 2.64. The topological polar surface area (TPSA) is 48.4 Å². The molecule has 0 unspecified atom stereocenters. The Morgan fingerprint density at radius 2 is 1.94 bits per heavy atom. The van der Waals surface area contributed by atoms with Crippen LogP contribution in [-0.2, 0) is 0 Å². The fourth-order valence-corrected chi connectivity index (χ4v) is 1.70. The highest BCUT2D eigenvalue weighted by Crippen LogP contribution is 2.28. The van der Waals surface area contributed by atoms with Gasteiger partial charge in [-0.15, -0.1) is 0 Å². The molecule has 2 rings (SSSR count). The molecule has 0 aliphatic rings. The smallest absolute Gasteiger partial charge is 0.213 e. The van der Waals surface area contributed by atoms with Gasteiger partial charge in [-0.25, -0.2) is 4.98 Å². The lowest BCUT2D eigenvalue weighted by Gasteiger charge is -2.08. The molecule has 1 aromatic carbocycles. The van der Waals surface area contributed by atoms with Gasteiger partial charge < -0.3 is 9.47 Å². The molecule has 92 valence electrons. The maximum Gasteiger partial charge on any atom is 0.213 e. The predicted molar refractivity (Wildman–Crippen MR) is 68.2 cm³/mol. The Hall–Kier alpha value is -2.36. The first-order valence-corrected chi connectivity index (χ1v) is 5.42. The fraction of sp³-hybridized carbons (Fsp3) is 0.143. The summed E-state index contributed by atoms with van der Waals surface area (Å²) in [5, 5.41) is 0. The van der Waals surface area contributed by atoms with Crippen molar-refractivity contribution in [3.63, 3.8) is 0 Å². The Labute approximate surface area is 105 Å². The van der Waals surface area contributed by atoms with Gasteiger partial charge >= 0.3 is 0 Å². The normalized spacial score (nSPS) is 9.89. The van der Waals surface area contributed by atoms with Crippen LogP contribution in [0.4, 0.5) is 0 Å². The largest absolute Gasteiger partial charge is 0.497 e. The van der Waals surface area contributed by atoms with E-state index < -0.39 is 0 Å². The molecule has 0 fully saturated rings. The molecule has 18 heavy (non-hydrogen) atoms. The van der Waals surface area contributed by atoms with Crippen molar-refractivity contribution in [1.29, 1.82) is 0 Å². The molecular weight excluding hydrogens is 230 g/mol. The van der Waals surface area contributed by atoms with E-state index in [4.69, 9.17) is 9.47 Å². The highest BCUT2D eigenvalue weighted by Gasteiger charge is 2.07. The maximum absolute atomic E-state index is 11.1. The number of rotatable bonds is 4. The average Bonchev–Trinajstić information content (AvgIpc) is 2.46. The van der Waals surface area contributed by atoms with E-state index in [1.807, 2.05) is 12.1 Å². The van der Waals surface area contributed by atoms with Crippen molar-refractivity contribution in [1.82, 2.24) is 4.98 Å². The third-order valence-corrected chi connectivity index (χ3v) is 2.64. The number of pyridine rings is 1. The van der Waals surface area contributed by atoms with Gasteiger partial charge in [0.2, 0.25) is 5.88 Å². The molecule has 0 aliphatic carbocycles. The molecule has 0 bridgehead atoms. The summed E-state index contributed by atoms with van der Waals surface area (Å²) in [6.45, 7) is 0. The lowest BCUT2D eigenvalue weighted by molar-refractivity contribution is 0.112. The fourth-order valence-electron chi connectivity index (χ4n) is 1.70. The second-order valence-corrected chi connectivity index (χ2v) is 3.66. The summed E-state index contributed by atoms with van der Waals surface area (Å²) in [5.74, 6) is 1.21. The monoisotopic (exact) mass is 243 g/mol. The molecule has 1 heterocycles. The molecule has 0 spiro atoms. The van der Waals surface area contributed by atoms with Crippen LogP contribution in [0.3, 0.4) is 0 Å². The number of carbonyl (C=O) groups excluding carboxylic acids is 1. The zero-order valence-corrected chi connectivity index (χ0v) is 10.2. The van der Waals surface area contributed by atoms with Crippen molar-refractivity contribution in [2.45, 2.75) is 0 Å². The van der Waals surface area contributed by atoms with Crippen LogP contribution < -0.4 is 9.47 Å². The first kappa shape index (κ1) is 12.1. The number of hydrogen-bond acceptors (Lipinski definition) is 4. The predicted octanol–water partition coefficient (Wildman–Crippen LogP) is 2.58. The summed E-state index contributed by atoms with van der Waals surface area (Å²) in [6, 6.07) is 8.91. The van der Waals surface area contributed by atoms with Crippen LogP contribution in [0.15, 0.2) is 36.5 Å². The van der Waals surface area contributed by atoms with Gasteiger partial charge in [-0.3, -0.25) is 4.79 Å². The summed E-state index contributed by atoms with van der Waals surface area (Å²) in [5.41, 5.74) is 2.26. The zero-order valence-electron chi connectivity index (χ0n) is 10.2. The van der Waals surface area contributed by atoms with Gasteiger partial charge in [0, 0.05) is 17.8 Å². The van der Waals surface area contributed by atoms with E-state index in [0.717, 1.165) is 17.4 Å². The van der Waals surface area contributed by atoms with E-state index in [9.17, 15) is 4.79 Å². The molecule has 0 radical (unpaired) electrons. The number of methoxy groups -OCH3 is 2. The van der Waals surface area contributed by atoms with Crippen LogP contribution in [0.2, 0.25) is 0 Å². The number of carbonyl (C=O) groups is 1. The minimum Gasteiger partial charge on any atom is -0.497 e. The molecule has 1 aromatic heterocycles. The number of nitrogens with zero attached hydrogens (tertiary/aromatic N) is 1. The van der Waals surface area contributed by atoms with E-state index in [0.29, 0.717) is 17.2 Å². The van der Waals surface area contributed by atoms with Crippen molar-refractivity contribution < 1.29 is 14.3 Å². The molecular formula is C14H13NO3. The van der Waals surface area contributed by atoms with Crippen molar-refractivity contribution in [3.8, 4) is 22.8 Å². The minimum atomic E-state index is 0.507. The van der Waals surface area contributed by atoms with Crippen LogP contribution in [0, 0.1) is 0 Å². The quantitative estimate of drug-likeness (QED) is 0.774. The Balaban J connectivity index is 2.56. The lowest BCUT2D eigenvalue weighted by Crippen LogP contribution is -1.92. The van der Waals surface area contributed by atoms with Gasteiger partial charge in [-0.2, -0.15) is 0 Å². The summed E-state index contributed by atoms with van der Waals surface area (Å²) < 4.78 is 10.2. The Kier molecular flexibility index (Phi) is 3.57. The first-order valence-electron chi connectivity index (χ1n) is 5.42. The van der Waals surface area contributed by atoms with E-state index >= 15 is 0 Å². The number of ether oxygens (including phenoxy) is 2. The van der Waals surface area contributed by atoms with Gasteiger partial charge in [-0.05, 0) is 35.4 Å². The van der Waals surface area contributed by atoms with E-state index in [2.05, 4.69) is 4.98 Å². The van der Waals surface area contributed by atoms with Crippen LogP contribution in [-0.4, -0.2) is 25.5 Å². The zero-order chi connectivity index (χ0) is 13.0. The highest BCUT2D eigenvalue weighted by atomic mass is 16.5. The number of aldehydes is 1. The summed E-state index contributed by atoms with van der Waals surface area (Å²) >= 11 is 0. The molecule has 0 saturated carbocycles. The third kappa shape index (κ3) is 2.32. The molecule has 4 nitrogen and oxygen atoms in total. The van der Waals surface area contributed by atoms with Crippen molar-refractivity contribution in [2.75, 3.05) is 14.2 Å². The van der Waals surface area contributed by atoms with E-state index in [1.165, 1.54) is 0 Å². The summed E-state index contributed by atoms with van der Waals surface area (Å²) in [7, 11) is 3.14. The van der Waals surface area contributed by atoms with Gasteiger partial charge in [0.15, 0.2) is 6.29 Å². The van der Waals surface area contributed by atoms with E-state index in [-0.39, 0.29) is 0 Å². The Morgan fingerprint density at radius 1 is 1.11 bits per heavy atom. The molecule has 0 amide bonds. The Morgan fingerprint density at radius 3 is 2.61 bits per heavy atom. The molecule has 0 N–H and O–H groups in total. The molecule has 0 aliphatic heterocycles. The van der Waals surface area contributed by atoms with Crippen LogP contribution in [0.5, 0.6) is 11.6 Å². The van der Waals surface area contributed by atoms with Crippen molar-refractivity contribution in [2.24, 2.45) is 0 Å². The minimum absolute atomic E-state index is 0.507. The SMILES string of the molecule is COc1ccc(C=O)c(-c2ccnc(OC)c2)c1. The number of hydrogen-bond donors (Lipinski definition) is 0. The average molecular weight is 243 g/mol. The first-order chi connectivity index (χ1) is 8.78. The number of benzene rings is 1. The van der Waals surface area contributed by atoms with Gasteiger partial charge in [0.25, 0.3) is 0 Å². The highest BCUT2D eigenvalue weighted by molar-refractivity contribution is 5.88. The summed E-state index contributed by atoms with van der Waals surface area (Å²) in [4.78, 5) is 15.1. The maximum atomic E-state index is 11.1. The van der Waals surface area contributed by atoms with Gasteiger partial charge in [0.1, 0.15) is 5.75 Å². The van der Waals surface area contributed by atoms with Crippen molar-refractivity contribution in [3.05, 3.63) is 42.1 Å². The second kappa shape index (κ2) is 5.31. The standard InChI is InChI=1S/C14H13NO3/c1-17-12-4-3-11(9-16)13(8-12)10-5-6-15-14(7-10)18-2/h3-9H,1-2H3. The van der Waals surface area contributed by atoms with Crippen molar-refractivity contribution >= 4 is 6.29 Å². The number of aromatic nitrogens is 1. The molecule has 4 heteroatoms. The lowest BCUT2D eigenvalue weighted by atomic mass is 10.0. The van der Waals surface area contributed by atoms with E-state index in [1.54, 1.807) is 38.6 Å². The molecule has 0 saturated heterocycles. The van der Waals surface area contributed by atoms with Crippen LogP contribution in [0.25, 0.3) is 11.1 Å². The molecule has 0 atom stereocenters.